The van der Waals surface area contributed by atoms with E-state index in [-0.39, 0.29) is 5.02 Å². The quantitative estimate of drug-likeness (QED) is 0.258. The van der Waals surface area contributed by atoms with E-state index in [4.69, 9.17) is 16.3 Å². The lowest BCUT2D eigenvalue weighted by atomic mass is 10.0. The number of benzene rings is 3. The lowest BCUT2D eigenvalue weighted by Crippen LogP contribution is -2.04. The van der Waals surface area contributed by atoms with Gasteiger partial charge in [-0.05, 0) is 47.5 Å². The molecule has 0 fully saturated rings. The van der Waals surface area contributed by atoms with Crippen LogP contribution in [-0.4, -0.2) is 12.1 Å². The lowest BCUT2D eigenvalue weighted by Gasteiger charge is -2.15. The van der Waals surface area contributed by atoms with Crippen LogP contribution >= 0.6 is 23.4 Å². The predicted molar refractivity (Wildman–Crippen MR) is 132 cm³/mol. The standard InChI is InChI=1S/C26H20ClF3N2OS/c1-33-24-13-21(18-8-5-9-19(12-18)26(28,29)30)22(27)14-23(24)32-25-11-10-20(15-31-25)34-16-17-6-3-2-4-7-17/h2-15H,16H2,1H3,(H,31,32). The van der Waals surface area contributed by atoms with E-state index >= 15 is 0 Å². The topological polar surface area (TPSA) is 34.1 Å². The summed E-state index contributed by atoms with van der Waals surface area (Å²) in [5.74, 6) is 1.86. The molecule has 0 atom stereocenters. The highest BCUT2D eigenvalue weighted by Gasteiger charge is 2.30. The van der Waals surface area contributed by atoms with Gasteiger partial charge in [0.05, 0.1) is 23.4 Å². The van der Waals surface area contributed by atoms with Crippen molar-refractivity contribution in [2.75, 3.05) is 12.4 Å². The smallest absolute Gasteiger partial charge is 0.416 e. The van der Waals surface area contributed by atoms with E-state index in [1.807, 2.05) is 30.3 Å². The Hall–Kier alpha value is -3.16. The largest absolute Gasteiger partial charge is 0.495 e. The van der Waals surface area contributed by atoms with Gasteiger partial charge in [-0.3, -0.25) is 0 Å². The summed E-state index contributed by atoms with van der Waals surface area (Å²) < 4.78 is 44.8. The van der Waals surface area contributed by atoms with E-state index in [0.29, 0.717) is 28.4 Å². The molecular weight excluding hydrogens is 481 g/mol. The van der Waals surface area contributed by atoms with Crippen molar-refractivity contribution in [3.05, 3.63) is 101 Å². The second-order valence-electron chi connectivity index (χ2n) is 7.39. The summed E-state index contributed by atoms with van der Waals surface area (Å²) in [6.07, 6.45) is -2.66. The summed E-state index contributed by atoms with van der Waals surface area (Å²) in [7, 11) is 1.49. The van der Waals surface area contributed by atoms with E-state index < -0.39 is 11.7 Å². The molecule has 8 heteroatoms. The average molecular weight is 501 g/mol. The van der Waals surface area contributed by atoms with Gasteiger partial charge in [0.1, 0.15) is 11.6 Å². The Morgan fingerprint density at radius 1 is 0.971 bits per heavy atom. The lowest BCUT2D eigenvalue weighted by molar-refractivity contribution is -0.137. The van der Waals surface area contributed by atoms with Gasteiger partial charge >= 0.3 is 6.18 Å². The van der Waals surface area contributed by atoms with Crippen LogP contribution in [0.25, 0.3) is 11.1 Å². The molecule has 0 unspecified atom stereocenters. The fourth-order valence-corrected chi connectivity index (χ4v) is 4.41. The zero-order valence-corrected chi connectivity index (χ0v) is 19.6. The number of methoxy groups -OCH3 is 1. The molecule has 4 aromatic rings. The number of hydrogen-bond acceptors (Lipinski definition) is 4. The Balaban J connectivity index is 1.52. The number of alkyl halides is 3. The predicted octanol–water partition coefficient (Wildman–Crippen LogP) is 8.47. The monoisotopic (exact) mass is 500 g/mol. The Kier molecular flexibility index (Phi) is 7.34. The zero-order chi connectivity index (χ0) is 24.1. The molecule has 0 amide bonds. The van der Waals surface area contributed by atoms with Gasteiger partial charge in [0, 0.05) is 22.4 Å². The molecule has 0 saturated heterocycles. The number of ether oxygens (including phenoxy) is 1. The van der Waals surface area contributed by atoms with Crippen molar-refractivity contribution in [3.8, 4) is 16.9 Å². The van der Waals surface area contributed by atoms with Gasteiger partial charge < -0.3 is 10.1 Å². The Morgan fingerprint density at radius 3 is 2.44 bits per heavy atom. The molecule has 3 aromatic carbocycles. The summed E-state index contributed by atoms with van der Waals surface area (Å²) in [5.41, 5.74) is 1.84. The molecule has 0 aliphatic carbocycles. The van der Waals surface area contributed by atoms with Gasteiger partial charge in [-0.15, -0.1) is 11.8 Å². The first kappa shape index (κ1) is 24.0. The van der Waals surface area contributed by atoms with Crippen LogP contribution in [0.4, 0.5) is 24.7 Å². The number of nitrogens with one attached hydrogen (secondary N) is 1. The second-order valence-corrected chi connectivity index (χ2v) is 8.85. The maximum atomic E-state index is 13.1. The molecule has 1 heterocycles. The van der Waals surface area contributed by atoms with Crippen molar-refractivity contribution in [1.82, 2.24) is 4.98 Å². The van der Waals surface area contributed by atoms with Crippen LogP contribution in [0.5, 0.6) is 5.75 Å². The molecule has 0 aliphatic rings. The van der Waals surface area contributed by atoms with E-state index in [1.54, 1.807) is 36.2 Å². The molecule has 0 bridgehead atoms. The third-order valence-corrected chi connectivity index (χ3v) is 6.40. The number of aromatic nitrogens is 1. The molecule has 4 rings (SSSR count). The highest BCUT2D eigenvalue weighted by molar-refractivity contribution is 7.98. The van der Waals surface area contributed by atoms with Gasteiger partial charge in [-0.25, -0.2) is 4.98 Å². The Morgan fingerprint density at radius 2 is 1.76 bits per heavy atom. The average Bonchev–Trinajstić information content (AvgIpc) is 2.84. The van der Waals surface area contributed by atoms with Crippen molar-refractivity contribution < 1.29 is 17.9 Å². The second kappa shape index (κ2) is 10.4. The van der Waals surface area contributed by atoms with Crippen molar-refractivity contribution in [1.29, 1.82) is 0 Å². The summed E-state index contributed by atoms with van der Waals surface area (Å²) in [4.78, 5) is 5.48. The molecule has 0 aliphatic heterocycles. The Labute approximate surface area is 205 Å². The first-order chi connectivity index (χ1) is 16.3. The summed E-state index contributed by atoms with van der Waals surface area (Å²) in [6.45, 7) is 0. The van der Waals surface area contributed by atoms with Crippen LogP contribution in [0.2, 0.25) is 5.02 Å². The van der Waals surface area contributed by atoms with Crippen molar-refractivity contribution in [2.24, 2.45) is 0 Å². The summed E-state index contributed by atoms with van der Waals surface area (Å²) >= 11 is 8.13. The first-order valence-corrected chi connectivity index (χ1v) is 11.6. The molecule has 34 heavy (non-hydrogen) atoms. The van der Waals surface area contributed by atoms with Crippen LogP contribution in [0.1, 0.15) is 11.1 Å². The summed E-state index contributed by atoms with van der Waals surface area (Å²) in [5, 5.41) is 3.46. The van der Waals surface area contributed by atoms with Crippen molar-refractivity contribution in [3.63, 3.8) is 0 Å². The van der Waals surface area contributed by atoms with Crippen LogP contribution in [0.15, 0.2) is 90.0 Å². The minimum absolute atomic E-state index is 0.290. The number of thioether (sulfide) groups is 1. The minimum Gasteiger partial charge on any atom is -0.495 e. The van der Waals surface area contributed by atoms with Gasteiger partial charge in [0.15, 0.2) is 0 Å². The van der Waals surface area contributed by atoms with Gasteiger partial charge in [0.2, 0.25) is 0 Å². The van der Waals surface area contributed by atoms with Gasteiger partial charge in [-0.1, -0.05) is 54.1 Å². The minimum atomic E-state index is -4.44. The SMILES string of the molecule is COc1cc(-c2cccc(C(F)(F)F)c2)c(Cl)cc1Nc1ccc(SCc2ccccc2)cn1. The third-order valence-electron chi connectivity index (χ3n) is 5.04. The van der Waals surface area contributed by atoms with Gasteiger partial charge in [0.25, 0.3) is 0 Å². The summed E-state index contributed by atoms with van der Waals surface area (Å²) in [6, 6.07) is 22.3. The number of pyridine rings is 1. The normalized spacial score (nSPS) is 11.3. The van der Waals surface area contributed by atoms with E-state index in [1.165, 1.54) is 18.7 Å². The van der Waals surface area contributed by atoms with Crippen molar-refractivity contribution >= 4 is 34.9 Å². The van der Waals surface area contributed by atoms with Crippen molar-refractivity contribution in [2.45, 2.75) is 16.8 Å². The zero-order valence-electron chi connectivity index (χ0n) is 18.1. The van der Waals surface area contributed by atoms with E-state index in [0.717, 1.165) is 22.8 Å². The highest BCUT2D eigenvalue weighted by atomic mass is 35.5. The molecular formula is C26H20ClF3N2OS. The maximum Gasteiger partial charge on any atom is 0.416 e. The third kappa shape index (κ3) is 5.85. The molecule has 1 N–H and O–H groups in total. The maximum absolute atomic E-state index is 13.1. The number of anilines is 2. The Bertz CT molecular complexity index is 1270. The van der Waals surface area contributed by atoms with E-state index in [9.17, 15) is 13.2 Å². The number of nitrogens with zero attached hydrogens (tertiary/aromatic N) is 1. The number of hydrogen-bond donors (Lipinski definition) is 1. The molecule has 0 radical (unpaired) electrons. The van der Waals surface area contributed by atoms with E-state index in [2.05, 4.69) is 22.4 Å². The molecule has 3 nitrogen and oxygen atoms in total. The molecule has 1 aromatic heterocycles. The van der Waals surface area contributed by atoms with Gasteiger partial charge in [-0.2, -0.15) is 13.2 Å². The first-order valence-electron chi connectivity index (χ1n) is 10.3. The number of rotatable bonds is 7. The molecule has 0 saturated carbocycles. The van der Waals surface area contributed by atoms with Crippen LogP contribution in [-0.2, 0) is 11.9 Å². The number of halogens is 4. The fourth-order valence-electron chi connectivity index (χ4n) is 3.32. The highest BCUT2D eigenvalue weighted by Crippen LogP contribution is 2.40. The molecule has 0 spiro atoms. The van der Waals surface area contributed by atoms with Crippen LogP contribution < -0.4 is 10.1 Å². The molecule has 174 valence electrons. The van der Waals surface area contributed by atoms with Crippen LogP contribution in [0.3, 0.4) is 0 Å². The van der Waals surface area contributed by atoms with Crippen LogP contribution in [0, 0.1) is 0 Å². The fraction of sp³-hybridized carbons (Fsp3) is 0.115.